The van der Waals surface area contributed by atoms with Gasteiger partial charge in [0.1, 0.15) is 6.04 Å². The second kappa shape index (κ2) is 7.83. The predicted molar refractivity (Wildman–Crippen MR) is 97.7 cm³/mol. The molecule has 1 fully saturated rings. The number of carbonyl (C=O) groups excluding carboxylic acids is 1. The van der Waals surface area contributed by atoms with Crippen molar-refractivity contribution in [3.05, 3.63) is 42.4 Å². The molecule has 134 valence electrons. The van der Waals surface area contributed by atoms with Crippen molar-refractivity contribution in [1.29, 1.82) is 0 Å². The minimum Gasteiger partial charge on any atom is -0.438 e. The van der Waals surface area contributed by atoms with E-state index >= 15 is 0 Å². The van der Waals surface area contributed by atoms with Gasteiger partial charge in [0.05, 0.1) is 6.20 Å². The Morgan fingerprint density at radius 3 is 2.68 bits per heavy atom. The lowest BCUT2D eigenvalue weighted by atomic mass is 9.71. The zero-order valence-electron chi connectivity index (χ0n) is 14.8. The van der Waals surface area contributed by atoms with Crippen LogP contribution in [-0.4, -0.2) is 17.4 Å². The van der Waals surface area contributed by atoms with Crippen LogP contribution in [0.3, 0.4) is 0 Å². The van der Waals surface area contributed by atoms with E-state index in [0.29, 0.717) is 24.6 Å². The Morgan fingerprint density at radius 1 is 1.28 bits per heavy atom. The van der Waals surface area contributed by atoms with Crippen LogP contribution in [0.2, 0.25) is 0 Å². The summed E-state index contributed by atoms with van der Waals surface area (Å²) in [5, 5.41) is 3.02. The van der Waals surface area contributed by atoms with Gasteiger partial charge in [0.2, 0.25) is 11.8 Å². The number of nitrogens with two attached hydrogens (primary N) is 1. The van der Waals surface area contributed by atoms with E-state index in [0.717, 1.165) is 18.4 Å². The number of aromatic nitrogens is 1. The molecule has 0 bridgehead atoms. The Labute approximate surface area is 149 Å². The number of hydrogen-bond donors (Lipinski definition) is 2. The Morgan fingerprint density at radius 2 is 2.00 bits per heavy atom. The van der Waals surface area contributed by atoms with Crippen molar-refractivity contribution >= 4 is 5.91 Å². The van der Waals surface area contributed by atoms with Crippen LogP contribution in [0.25, 0.3) is 11.3 Å². The van der Waals surface area contributed by atoms with E-state index in [-0.39, 0.29) is 17.4 Å². The summed E-state index contributed by atoms with van der Waals surface area (Å²) in [6.07, 6.45) is 7.86. The van der Waals surface area contributed by atoms with Gasteiger partial charge in [-0.2, -0.15) is 0 Å². The summed E-state index contributed by atoms with van der Waals surface area (Å²) in [5.41, 5.74) is 6.93. The van der Waals surface area contributed by atoms with Crippen molar-refractivity contribution in [2.75, 3.05) is 6.54 Å². The minimum absolute atomic E-state index is 0.0271. The van der Waals surface area contributed by atoms with E-state index in [1.807, 2.05) is 37.3 Å². The number of nitrogens with zero attached hydrogens (tertiary/aromatic N) is 1. The molecule has 3 N–H and O–H groups in total. The SMILES string of the molecule is CC(NC(=O)CC1(CN)CCCCC1)c1ncc(-c2ccccc2)o1. The number of amides is 1. The van der Waals surface area contributed by atoms with Crippen molar-refractivity contribution < 1.29 is 9.21 Å². The number of carbonyl (C=O) groups is 1. The van der Waals surface area contributed by atoms with Crippen LogP contribution in [0.4, 0.5) is 0 Å². The molecule has 2 aromatic rings. The van der Waals surface area contributed by atoms with Crippen LogP contribution in [-0.2, 0) is 4.79 Å². The van der Waals surface area contributed by atoms with E-state index in [9.17, 15) is 4.79 Å². The zero-order valence-corrected chi connectivity index (χ0v) is 14.8. The van der Waals surface area contributed by atoms with Crippen LogP contribution in [0.5, 0.6) is 0 Å². The molecule has 1 aromatic heterocycles. The maximum absolute atomic E-state index is 12.5. The minimum atomic E-state index is -0.261. The summed E-state index contributed by atoms with van der Waals surface area (Å²) in [6.45, 7) is 2.47. The van der Waals surface area contributed by atoms with Gasteiger partial charge < -0.3 is 15.5 Å². The first-order valence-corrected chi connectivity index (χ1v) is 9.12. The lowest BCUT2D eigenvalue weighted by Gasteiger charge is -2.35. The van der Waals surface area contributed by atoms with Crippen LogP contribution < -0.4 is 11.1 Å². The van der Waals surface area contributed by atoms with Gasteiger partial charge in [-0.15, -0.1) is 0 Å². The molecule has 0 spiro atoms. The third kappa shape index (κ3) is 4.28. The van der Waals surface area contributed by atoms with Crippen LogP contribution in [0.1, 0.15) is 57.4 Å². The van der Waals surface area contributed by atoms with Gasteiger partial charge in [-0.05, 0) is 31.7 Å². The molecule has 0 aliphatic heterocycles. The number of benzene rings is 1. The fraction of sp³-hybridized carbons (Fsp3) is 0.500. The number of hydrogen-bond acceptors (Lipinski definition) is 4. The van der Waals surface area contributed by atoms with E-state index in [1.165, 1.54) is 19.3 Å². The number of oxazole rings is 1. The highest BCUT2D eigenvalue weighted by Crippen LogP contribution is 2.38. The third-order valence-electron chi connectivity index (χ3n) is 5.21. The zero-order chi connectivity index (χ0) is 17.7. The Bertz CT molecular complexity index is 690. The highest BCUT2D eigenvalue weighted by atomic mass is 16.4. The number of rotatable bonds is 6. The van der Waals surface area contributed by atoms with Crippen molar-refractivity contribution in [3.63, 3.8) is 0 Å². The Balaban J connectivity index is 1.61. The largest absolute Gasteiger partial charge is 0.438 e. The predicted octanol–water partition coefficient (Wildman–Crippen LogP) is 3.82. The average molecular weight is 341 g/mol. The quantitative estimate of drug-likeness (QED) is 0.837. The molecule has 1 aliphatic rings. The summed E-state index contributed by atoms with van der Waals surface area (Å²) in [5.74, 6) is 1.26. The van der Waals surface area contributed by atoms with Crippen molar-refractivity contribution in [2.24, 2.45) is 11.1 Å². The molecule has 1 aromatic carbocycles. The molecule has 0 saturated heterocycles. The number of nitrogens with one attached hydrogen (secondary N) is 1. The van der Waals surface area contributed by atoms with Crippen molar-refractivity contribution in [2.45, 2.75) is 51.5 Å². The van der Waals surface area contributed by atoms with Crippen LogP contribution >= 0.6 is 0 Å². The summed E-state index contributed by atoms with van der Waals surface area (Å²) >= 11 is 0. The maximum Gasteiger partial charge on any atom is 0.221 e. The second-order valence-electron chi connectivity index (χ2n) is 7.16. The average Bonchev–Trinajstić information content (AvgIpc) is 3.13. The molecule has 1 amide bonds. The molecule has 0 radical (unpaired) electrons. The fourth-order valence-corrected chi connectivity index (χ4v) is 3.67. The summed E-state index contributed by atoms with van der Waals surface area (Å²) in [7, 11) is 0. The van der Waals surface area contributed by atoms with E-state index in [1.54, 1.807) is 6.20 Å². The molecular formula is C20H27N3O2. The Hall–Kier alpha value is -2.14. The molecule has 3 rings (SSSR count). The first-order chi connectivity index (χ1) is 12.1. The molecule has 1 atom stereocenters. The van der Waals surface area contributed by atoms with Gasteiger partial charge >= 0.3 is 0 Å². The topological polar surface area (TPSA) is 81.2 Å². The molecule has 25 heavy (non-hydrogen) atoms. The third-order valence-corrected chi connectivity index (χ3v) is 5.21. The summed E-state index contributed by atoms with van der Waals surface area (Å²) < 4.78 is 5.82. The standard InChI is InChI=1S/C20H27N3O2/c1-15(19-22-13-17(25-19)16-8-4-2-5-9-16)23-18(24)12-20(14-21)10-6-3-7-11-20/h2,4-5,8-9,13,15H,3,6-7,10-12,14,21H2,1H3,(H,23,24). The fourth-order valence-electron chi connectivity index (χ4n) is 3.67. The van der Waals surface area contributed by atoms with E-state index < -0.39 is 0 Å². The van der Waals surface area contributed by atoms with E-state index in [4.69, 9.17) is 10.2 Å². The summed E-state index contributed by atoms with van der Waals surface area (Å²) in [4.78, 5) is 16.8. The molecule has 5 nitrogen and oxygen atoms in total. The normalized spacial score (nSPS) is 17.8. The van der Waals surface area contributed by atoms with Crippen molar-refractivity contribution in [3.8, 4) is 11.3 Å². The highest BCUT2D eigenvalue weighted by Gasteiger charge is 2.33. The van der Waals surface area contributed by atoms with Gasteiger partial charge in [-0.25, -0.2) is 4.98 Å². The highest BCUT2D eigenvalue weighted by molar-refractivity contribution is 5.77. The van der Waals surface area contributed by atoms with Gasteiger partial charge in [-0.1, -0.05) is 49.6 Å². The molecule has 1 aliphatic carbocycles. The molecule has 1 heterocycles. The molecule has 1 saturated carbocycles. The Kier molecular flexibility index (Phi) is 5.53. The molecular weight excluding hydrogens is 314 g/mol. The van der Waals surface area contributed by atoms with Crippen LogP contribution in [0.15, 0.2) is 40.9 Å². The molecule has 5 heteroatoms. The smallest absolute Gasteiger partial charge is 0.221 e. The monoisotopic (exact) mass is 341 g/mol. The first kappa shape index (κ1) is 17.7. The van der Waals surface area contributed by atoms with E-state index in [2.05, 4.69) is 10.3 Å². The second-order valence-corrected chi connectivity index (χ2v) is 7.16. The van der Waals surface area contributed by atoms with Crippen LogP contribution in [0, 0.1) is 5.41 Å². The van der Waals surface area contributed by atoms with Gasteiger partial charge in [0, 0.05) is 12.0 Å². The lowest BCUT2D eigenvalue weighted by molar-refractivity contribution is -0.124. The van der Waals surface area contributed by atoms with Gasteiger partial charge in [0.15, 0.2) is 5.76 Å². The molecule has 1 unspecified atom stereocenters. The first-order valence-electron chi connectivity index (χ1n) is 9.12. The van der Waals surface area contributed by atoms with Gasteiger partial charge in [0.25, 0.3) is 0 Å². The summed E-state index contributed by atoms with van der Waals surface area (Å²) in [6, 6.07) is 9.56. The van der Waals surface area contributed by atoms with Gasteiger partial charge in [-0.3, -0.25) is 4.79 Å². The lowest BCUT2D eigenvalue weighted by Crippen LogP contribution is -2.39. The van der Waals surface area contributed by atoms with Crippen molar-refractivity contribution in [1.82, 2.24) is 10.3 Å². The maximum atomic E-state index is 12.5.